The molecule has 0 bridgehead atoms. The highest BCUT2D eigenvalue weighted by Gasteiger charge is 2.19. The fourth-order valence-electron chi connectivity index (χ4n) is 4.90. The maximum Gasteiger partial charge on any atom is 0.264 e. The van der Waals surface area contributed by atoms with Crippen molar-refractivity contribution in [2.75, 3.05) is 37.4 Å². The van der Waals surface area contributed by atoms with Gasteiger partial charge >= 0.3 is 0 Å². The number of halogens is 2. The van der Waals surface area contributed by atoms with Crippen molar-refractivity contribution >= 4 is 22.8 Å². The Hall–Kier alpha value is -2.89. The molecule has 0 spiro atoms. The van der Waals surface area contributed by atoms with E-state index in [2.05, 4.69) is 27.3 Å². The summed E-state index contributed by atoms with van der Waals surface area (Å²) < 4.78 is 29.6. The Morgan fingerprint density at radius 1 is 1.16 bits per heavy atom. The van der Waals surface area contributed by atoms with Crippen molar-refractivity contribution in [1.29, 1.82) is 0 Å². The average Bonchev–Trinajstić information content (AvgIpc) is 3.33. The Morgan fingerprint density at radius 2 is 1.92 bits per heavy atom. The minimum absolute atomic E-state index is 0.0215. The van der Waals surface area contributed by atoms with Crippen LogP contribution in [0, 0.1) is 0 Å². The van der Waals surface area contributed by atoms with E-state index >= 15 is 0 Å². The van der Waals surface area contributed by atoms with E-state index in [4.69, 9.17) is 10.8 Å². The summed E-state index contributed by atoms with van der Waals surface area (Å²) in [7, 11) is 1.00. The monoisotopic (exact) mass is 533 g/mol. The number of nitrogen functional groups attached to an aromatic ring is 1. The van der Waals surface area contributed by atoms with E-state index in [0.717, 1.165) is 38.4 Å². The number of benzene rings is 1. The third-order valence-electron chi connectivity index (χ3n) is 6.84. The van der Waals surface area contributed by atoms with Gasteiger partial charge in [-0.3, -0.25) is 4.68 Å². The number of nitrogens with one attached hydrogen (secondary N) is 1. The van der Waals surface area contributed by atoms with Gasteiger partial charge < -0.3 is 26.2 Å². The van der Waals surface area contributed by atoms with Crippen LogP contribution in [-0.4, -0.2) is 62.8 Å². The first-order chi connectivity index (χ1) is 18.5. The zero-order chi connectivity index (χ0) is 27.5. The Kier molecular flexibility index (Phi) is 11.6. The van der Waals surface area contributed by atoms with Crippen molar-refractivity contribution < 1.29 is 19.0 Å². The number of hydrogen-bond donors (Lipinski definition) is 4. The fraction of sp³-hybridized carbons (Fsp3) is 0.593. The molecule has 4 rings (SSSR count). The van der Waals surface area contributed by atoms with Crippen molar-refractivity contribution in [1.82, 2.24) is 25.1 Å². The molecule has 11 heteroatoms. The second-order valence-electron chi connectivity index (χ2n) is 9.58. The van der Waals surface area contributed by atoms with Crippen LogP contribution in [0.15, 0.2) is 24.4 Å². The third kappa shape index (κ3) is 7.81. The molecule has 2 heterocycles. The molecule has 1 aromatic carbocycles. The lowest BCUT2D eigenvalue weighted by atomic mass is 9.95. The quantitative estimate of drug-likeness (QED) is 0.275. The molecule has 1 aliphatic carbocycles. The van der Waals surface area contributed by atoms with Crippen LogP contribution >= 0.6 is 0 Å². The number of nitrogens with zero attached hydrogens (tertiary/aromatic N) is 5. The standard InChI is InChI=1S/C26H37F2N7O.CH4O/c1-2-3-11-34(12-13-36)25-23-22(31-26(29)32-25)17-35(33-23)16-19-10-9-18(14-21(19)24(27)28)15-30-20-7-5-4-6-8-20;1-2/h9-10,14,17,20,24,30,36H,2-8,11-13,15-16H2,1H3,(H2,29,31);2H,1H3. The van der Waals surface area contributed by atoms with Crippen molar-refractivity contribution in [2.24, 2.45) is 0 Å². The summed E-state index contributed by atoms with van der Waals surface area (Å²) in [5, 5.41) is 24.7. The summed E-state index contributed by atoms with van der Waals surface area (Å²) >= 11 is 0. The summed E-state index contributed by atoms with van der Waals surface area (Å²) in [5.41, 5.74) is 8.44. The number of anilines is 2. The predicted octanol–water partition coefficient (Wildman–Crippen LogP) is 4.02. The van der Waals surface area contributed by atoms with E-state index in [1.54, 1.807) is 23.0 Å². The lowest BCUT2D eigenvalue weighted by molar-refractivity contribution is 0.150. The third-order valence-corrected chi connectivity index (χ3v) is 6.84. The maximum absolute atomic E-state index is 14.0. The predicted molar refractivity (Wildman–Crippen MR) is 146 cm³/mol. The topological polar surface area (TPSA) is 125 Å². The van der Waals surface area contributed by atoms with Crippen LogP contribution in [0.1, 0.15) is 75.0 Å². The molecular weight excluding hydrogens is 492 g/mol. The molecule has 0 amide bonds. The van der Waals surface area contributed by atoms with Gasteiger partial charge in [0.25, 0.3) is 6.43 Å². The lowest BCUT2D eigenvalue weighted by Gasteiger charge is -2.23. The number of alkyl halides is 2. The molecule has 2 aromatic heterocycles. The molecule has 0 unspecified atom stereocenters. The first-order valence-corrected chi connectivity index (χ1v) is 13.4. The van der Waals surface area contributed by atoms with E-state index in [0.29, 0.717) is 48.1 Å². The van der Waals surface area contributed by atoms with Crippen LogP contribution in [0.5, 0.6) is 0 Å². The molecule has 1 saturated carbocycles. The van der Waals surface area contributed by atoms with Gasteiger partial charge in [-0.25, -0.2) is 13.8 Å². The molecule has 38 heavy (non-hydrogen) atoms. The van der Waals surface area contributed by atoms with Crippen LogP contribution < -0.4 is 16.0 Å². The Morgan fingerprint density at radius 3 is 2.61 bits per heavy atom. The maximum atomic E-state index is 14.0. The van der Waals surface area contributed by atoms with Crippen LogP contribution in [0.4, 0.5) is 20.5 Å². The molecule has 5 N–H and O–H groups in total. The van der Waals surface area contributed by atoms with Gasteiger partial charge in [0, 0.05) is 38.3 Å². The largest absolute Gasteiger partial charge is 0.400 e. The Bertz CT molecular complexity index is 1140. The van der Waals surface area contributed by atoms with Crippen molar-refractivity contribution in [3.8, 4) is 0 Å². The summed E-state index contributed by atoms with van der Waals surface area (Å²) in [5.74, 6) is 0.663. The average molecular weight is 534 g/mol. The first kappa shape index (κ1) is 29.7. The van der Waals surface area contributed by atoms with Gasteiger partial charge in [0.1, 0.15) is 5.52 Å². The minimum atomic E-state index is -2.58. The second kappa shape index (κ2) is 14.9. The Labute approximate surface area is 223 Å². The number of rotatable bonds is 12. The molecule has 0 aliphatic heterocycles. The van der Waals surface area contributed by atoms with E-state index < -0.39 is 6.43 Å². The lowest BCUT2D eigenvalue weighted by Crippen LogP contribution is -2.30. The van der Waals surface area contributed by atoms with Crippen LogP contribution in [0.3, 0.4) is 0 Å². The molecule has 1 aliphatic rings. The summed E-state index contributed by atoms with van der Waals surface area (Å²) in [6.07, 6.45) is 7.07. The molecule has 210 valence electrons. The molecule has 0 saturated heterocycles. The van der Waals surface area contributed by atoms with E-state index in [1.165, 1.54) is 19.3 Å². The van der Waals surface area contributed by atoms with Gasteiger partial charge in [-0.15, -0.1) is 0 Å². The second-order valence-corrected chi connectivity index (χ2v) is 9.58. The normalized spacial score (nSPS) is 14.1. The summed E-state index contributed by atoms with van der Waals surface area (Å²) in [4.78, 5) is 10.6. The zero-order valence-electron chi connectivity index (χ0n) is 22.4. The number of nitrogens with two attached hydrogens (primary N) is 1. The van der Waals surface area contributed by atoms with Crippen molar-refractivity contribution in [2.45, 2.75) is 77.4 Å². The van der Waals surface area contributed by atoms with Crippen LogP contribution in [0.2, 0.25) is 0 Å². The zero-order valence-corrected chi connectivity index (χ0v) is 22.4. The van der Waals surface area contributed by atoms with E-state index in [1.807, 2.05) is 11.0 Å². The Balaban J connectivity index is 0.00000195. The smallest absolute Gasteiger partial charge is 0.264 e. The van der Waals surface area contributed by atoms with Gasteiger partial charge in [0.05, 0.1) is 19.3 Å². The highest BCUT2D eigenvalue weighted by Crippen LogP contribution is 2.28. The summed E-state index contributed by atoms with van der Waals surface area (Å²) in [6, 6.07) is 5.76. The number of fused-ring (bicyclic) bond motifs is 1. The van der Waals surface area contributed by atoms with Crippen molar-refractivity contribution in [3.63, 3.8) is 0 Å². The number of aliphatic hydroxyl groups is 2. The van der Waals surface area contributed by atoms with Crippen molar-refractivity contribution in [3.05, 3.63) is 41.1 Å². The van der Waals surface area contributed by atoms with Gasteiger partial charge in [-0.1, -0.05) is 44.7 Å². The van der Waals surface area contributed by atoms with Crippen LogP contribution in [-0.2, 0) is 13.1 Å². The fourth-order valence-corrected chi connectivity index (χ4v) is 4.90. The SMILES string of the molecule is CCCCN(CCO)c1nc(N)nc2cn(Cc3ccc(CNC4CCCCC4)cc3C(F)F)nc12.CO. The van der Waals surface area contributed by atoms with Gasteiger partial charge in [-0.05, 0) is 36.5 Å². The minimum Gasteiger partial charge on any atom is -0.400 e. The number of unbranched alkanes of at least 4 members (excludes halogenated alkanes) is 1. The van der Waals surface area contributed by atoms with E-state index in [9.17, 15) is 13.9 Å². The highest BCUT2D eigenvalue weighted by atomic mass is 19.3. The molecule has 9 nitrogen and oxygen atoms in total. The van der Waals surface area contributed by atoms with Crippen LogP contribution in [0.25, 0.3) is 11.0 Å². The first-order valence-electron chi connectivity index (χ1n) is 13.4. The highest BCUT2D eigenvalue weighted by molar-refractivity contribution is 5.86. The molecular formula is C27H41F2N7O2. The van der Waals surface area contributed by atoms with Gasteiger partial charge in [0.2, 0.25) is 5.95 Å². The molecule has 0 atom stereocenters. The summed E-state index contributed by atoms with van der Waals surface area (Å²) in [6.45, 7) is 3.92. The number of hydrogen-bond acceptors (Lipinski definition) is 8. The molecule has 3 aromatic rings. The van der Waals surface area contributed by atoms with E-state index in [-0.39, 0.29) is 24.7 Å². The molecule has 0 radical (unpaired) electrons. The molecule has 1 fully saturated rings. The number of aliphatic hydroxyl groups excluding tert-OH is 2. The number of aromatic nitrogens is 4. The van der Waals surface area contributed by atoms with Gasteiger partial charge in [-0.2, -0.15) is 10.1 Å². The van der Waals surface area contributed by atoms with Gasteiger partial charge in [0.15, 0.2) is 11.3 Å².